The van der Waals surface area contributed by atoms with E-state index in [4.69, 9.17) is 4.74 Å². The van der Waals surface area contributed by atoms with Gasteiger partial charge in [-0.15, -0.1) is 0 Å². The average molecular weight is 479 g/mol. The number of nitrogens with zero attached hydrogens (tertiary/aromatic N) is 5. The normalized spacial score (nSPS) is 12.5. The van der Waals surface area contributed by atoms with Crippen LogP contribution in [0.4, 0.5) is 17.6 Å². The lowest BCUT2D eigenvalue weighted by Crippen LogP contribution is -2.42. The Morgan fingerprint density at radius 3 is 2.44 bits per heavy atom. The Labute approximate surface area is 194 Å². The van der Waals surface area contributed by atoms with Crippen molar-refractivity contribution >= 4 is 5.91 Å². The molecule has 1 amide bonds. The maximum Gasteiger partial charge on any atom is 0.419 e. The Bertz CT molecular complexity index is 1150. The third-order valence-corrected chi connectivity index (χ3v) is 5.38. The molecule has 34 heavy (non-hydrogen) atoms. The van der Waals surface area contributed by atoms with Gasteiger partial charge >= 0.3 is 12.2 Å². The molecule has 0 N–H and O–H groups in total. The summed E-state index contributed by atoms with van der Waals surface area (Å²) in [6.07, 6.45) is -1.08. The summed E-state index contributed by atoms with van der Waals surface area (Å²) in [5, 5.41) is 4.26. The first-order valence-corrected chi connectivity index (χ1v) is 10.7. The molecule has 2 heterocycles. The zero-order chi connectivity index (χ0) is 25.0. The molecular formula is C23H25F4N5O2. The van der Waals surface area contributed by atoms with Gasteiger partial charge in [0.2, 0.25) is 0 Å². The summed E-state index contributed by atoms with van der Waals surface area (Å²) in [7, 11) is 0. The molecule has 7 nitrogen and oxygen atoms in total. The van der Waals surface area contributed by atoms with Crippen molar-refractivity contribution in [3.05, 3.63) is 65.0 Å². The molecule has 11 heteroatoms. The van der Waals surface area contributed by atoms with Crippen LogP contribution in [0.3, 0.4) is 0 Å². The molecule has 1 unspecified atom stereocenters. The van der Waals surface area contributed by atoms with Gasteiger partial charge in [0.15, 0.2) is 0 Å². The minimum atomic E-state index is -4.56. The first kappa shape index (κ1) is 25.1. The predicted octanol–water partition coefficient (Wildman–Crippen LogP) is 4.62. The Balaban J connectivity index is 1.84. The zero-order valence-corrected chi connectivity index (χ0v) is 19.2. The molecule has 2 aromatic heterocycles. The van der Waals surface area contributed by atoms with Crippen LogP contribution in [-0.4, -0.2) is 49.7 Å². The van der Waals surface area contributed by atoms with Crippen molar-refractivity contribution in [2.24, 2.45) is 0 Å². The lowest BCUT2D eigenvalue weighted by atomic mass is 10.1. The van der Waals surface area contributed by atoms with Crippen LogP contribution in [0.5, 0.6) is 6.01 Å². The summed E-state index contributed by atoms with van der Waals surface area (Å²) in [5.74, 6) is -1.20. The highest BCUT2D eigenvalue weighted by molar-refractivity contribution is 5.98. The van der Waals surface area contributed by atoms with E-state index in [0.29, 0.717) is 30.1 Å². The molecule has 0 saturated heterocycles. The first-order chi connectivity index (χ1) is 16.1. The van der Waals surface area contributed by atoms with E-state index in [-0.39, 0.29) is 24.7 Å². The molecule has 0 aliphatic heterocycles. The molecule has 3 aromatic rings. The number of amides is 1. The fourth-order valence-electron chi connectivity index (χ4n) is 3.49. The minimum Gasteiger partial charge on any atom is -0.461 e. The smallest absolute Gasteiger partial charge is 0.419 e. The number of aryl methyl sites for hydroxylation is 2. The first-order valence-electron chi connectivity index (χ1n) is 10.7. The molecule has 1 aromatic carbocycles. The Kier molecular flexibility index (Phi) is 7.53. The predicted molar refractivity (Wildman–Crippen MR) is 116 cm³/mol. The van der Waals surface area contributed by atoms with E-state index in [1.54, 1.807) is 49.8 Å². The van der Waals surface area contributed by atoms with Crippen LogP contribution in [-0.2, 0) is 12.6 Å². The Hall–Kier alpha value is -3.50. The van der Waals surface area contributed by atoms with Crippen molar-refractivity contribution < 1.29 is 27.1 Å². The van der Waals surface area contributed by atoms with Gasteiger partial charge < -0.3 is 9.64 Å². The highest BCUT2D eigenvalue weighted by Gasteiger charge is 2.32. The molecule has 0 radical (unpaired) electrons. The zero-order valence-electron chi connectivity index (χ0n) is 19.2. The Morgan fingerprint density at radius 2 is 1.85 bits per heavy atom. The topological polar surface area (TPSA) is 73.1 Å². The number of likely N-dealkylation sites (N-methyl/N-ethyl adjacent to an activating group) is 1. The molecule has 0 saturated carbocycles. The molecule has 0 aliphatic carbocycles. The maximum absolute atomic E-state index is 15.3. The summed E-state index contributed by atoms with van der Waals surface area (Å²) in [4.78, 5) is 22.1. The molecule has 1 atom stereocenters. The molecule has 182 valence electrons. The number of ether oxygens (including phenoxy) is 1. The van der Waals surface area contributed by atoms with E-state index in [1.807, 2.05) is 6.92 Å². The summed E-state index contributed by atoms with van der Waals surface area (Å²) in [6.45, 7) is 7.07. The quantitative estimate of drug-likeness (QED) is 0.441. The minimum absolute atomic E-state index is 0.101. The van der Waals surface area contributed by atoms with Gasteiger partial charge in [-0.05, 0) is 44.9 Å². The van der Waals surface area contributed by atoms with Crippen molar-refractivity contribution in [2.75, 3.05) is 13.2 Å². The van der Waals surface area contributed by atoms with Gasteiger partial charge in [0.05, 0.1) is 17.3 Å². The van der Waals surface area contributed by atoms with Crippen molar-refractivity contribution in [3.8, 4) is 11.7 Å². The number of alkyl halides is 3. The lowest BCUT2D eigenvalue weighted by molar-refractivity contribution is -0.138. The summed E-state index contributed by atoms with van der Waals surface area (Å²) < 4.78 is 60.2. The number of carbonyl (C=O) groups is 1. The highest BCUT2D eigenvalue weighted by Crippen LogP contribution is 2.28. The van der Waals surface area contributed by atoms with Gasteiger partial charge in [0.1, 0.15) is 18.0 Å². The van der Waals surface area contributed by atoms with E-state index in [1.165, 1.54) is 4.90 Å². The van der Waals surface area contributed by atoms with E-state index >= 15 is 4.39 Å². The molecule has 0 fully saturated rings. The maximum atomic E-state index is 15.3. The molecule has 0 bridgehead atoms. The molecule has 3 rings (SSSR count). The second kappa shape index (κ2) is 10.2. The van der Waals surface area contributed by atoms with Crippen molar-refractivity contribution in [1.29, 1.82) is 0 Å². The number of halogens is 4. The van der Waals surface area contributed by atoms with Crippen LogP contribution in [0.1, 0.15) is 48.0 Å². The van der Waals surface area contributed by atoms with Crippen LogP contribution in [0.25, 0.3) is 5.69 Å². The average Bonchev–Trinajstić information content (AvgIpc) is 3.28. The summed E-state index contributed by atoms with van der Waals surface area (Å²) >= 11 is 0. The van der Waals surface area contributed by atoms with Gasteiger partial charge in [0, 0.05) is 30.8 Å². The third-order valence-electron chi connectivity index (χ3n) is 5.38. The van der Waals surface area contributed by atoms with E-state index in [2.05, 4.69) is 15.1 Å². The van der Waals surface area contributed by atoms with E-state index < -0.39 is 29.5 Å². The van der Waals surface area contributed by atoms with Crippen LogP contribution < -0.4 is 4.74 Å². The van der Waals surface area contributed by atoms with Crippen LogP contribution in [0, 0.1) is 12.7 Å². The second-order valence-electron chi connectivity index (χ2n) is 7.68. The monoisotopic (exact) mass is 479 g/mol. The number of aromatic nitrogens is 4. The molecular weight excluding hydrogens is 454 g/mol. The third kappa shape index (κ3) is 5.18. The summed E-state index contributed by atoms with van der Waals surface area (Å²) in [6, 6.07) is 4.23. The van der Waals surface area contributed by atoms with Gasteiger partial charge in [0.25, 0.3) is 5.91 Å². The SMILES string of the molecule is CCc1ccnn1-c1ccc(C)c(F)c1C(=O)N(CC)C(C)COc1ncc(C(F)(F)F)cn1. The van der Waals surface area contributed by atoms with E-state index in [0.717, 1.165) is 5.69 Å². The number of carbonyl (C=O) groups excluding carboxylic acids is 1. The molecule has 0 spiro atoms. The van der Waals surface area contributed by atoms with Gasteiger partial charge in [-0.25, -0.2) is 19.0 Å². The van der Waals surface area contributed by atoms with Crippen molar-refractivity contribution in [2.45, 2.75) is 46.3 Å². The standard InChI is InChI=1S/C23H25F4N5O2/c1-5-17-9-10-30-32(17)18-8-7-14(3)20(24)19(18)21(33)31(6-2)15(4)13-34-22-28-11-16(12-29-22)23(25,26)27/h7-12,15H,5-6,13H2,1-4H3. The second-order valence-corrected chi connectivity index (χ2v) is 7.68. The number of benzene rings is 1. The van der Waals surface area contributed by atoms with E-state index in [9.17, 15) is 18.0 Å². The van der Waals surface area contributed by atoms with Crippen LogP contribution in [0.2, 0.25) is 0 Å². The Morgan fingerprint density at radius 1 is 1.18 bits per heavy atom. The number of rotatable bonds is 8. The molecule has 0 aliphatic rings. The lowest BCUT2D eigenvalue weighted by Gasteiger charge is -2.29. The summed E-state index contributed by atoms with van der Waals surface area (Å²) in [5.41, 5.74) is 0.350. The highest BCUT2D eigenvalue weighted by atomic mass is 19.4. The number of hydrogen-bond donors (Lipinski definition) is 0. The van der Waals surface area contributed by atoms with Gasteiger partial charge in [-0.3, -0.25) is 4.79 Å². The van der Waals surface area contributed by atoms with Crippen molar-refractivity contribution in [1.82, 2.24) is 24.6 Å². The largest absolute Gasteiger partial charge is 0.461 e. The van der Waals surface area contributed by atoms with Gasteiger partial charge in [-0.2, -0.15) is 18.3 Å². The fraction of sp³-hybridized carbons (Fsp3) is 0.391. The van der Waals surface area contributed by atoms with Crippen LogP contribution >= 0.6 is 0 Å². The van der Waals surface area contributed by atoms with Gasteiger partial charge in [-0.1, -0.05) is 13.0 Å². The fourth-order valence-corrected chi connectivity index (χ4v) is 3.49. The van der Waals surface area contributed by atoms with Crippen molar-refractivity contribution in [3.63, 3.8) is 0 Å². The number of hydrogen-bond acceptors (Lipinski definition) is 5. The van der Waals surface area contributed by atoms with Crippen LogP contribution in [0.15, 0.2) is 36.8 Å².